The van der Waals surface area contributed by atoms with Crippen LogP contribution in [0.5, 0.6) is 0 Å². The molecule has 1 aliphatic rings. The van der Waals surface area contributed by atoms with Gasteiger partial charge in [0.25, 0.3) is 0 Å². The van der Waals surface area contributed by atoms with Crippen molar-refractivity contribution in [1.29, 1.82) is 0 Å². The number of amides is 1. The molecule has 2 atom stereocenters. The van der Waals surface area contributed by atoms with Crippen LogP contribution in [0.1, 0.15) is 27.5 Å². The zero-order valence-electron chi connectivity index (χ0n) is 12.6. The molecule has 2 aromatic rings. The summed E-state index contributed by atoms with van der Waals surface area (Å²) in [4.78, 5) is 24.7. The van der Waals surface area contributed by atoms with E-state index in [2.05, 4.69) is 5.32 Å². The number of aryl methyl sites for hydroxylation is 1. The van der Waals surface area contributed by atoms with E-state index in [9.17, 15) is 9.59 Å². The maximum absolute atomic E-state index is 12.9. The number of hydrogen-bond donors (Lipinski definition) is 1. The summed E-state index contributed by atoms with van der Waals surface area (Å²) in [6, 6.07) is 14.5. The van der Waals surface area contributed by atoms with Gasteiger partial charge in [0.2, 0.25) is 5.91 Å². The highest BCUT2D eigenvalue weighted by molar-refractivity contribution is 8.01. The lowest BCUT2D eigenvalue weighted by molar-refractivity contribution is -0.119. The van der Waals surface area contributed by atoms with E-state index >= 15 is 0 Å². The molecule has 5 heteroatoms. The summed E-state index contributed by atoms with van der Waals surface area (Å²) in [5.74, 6) is 0.268. The highest BCUT2D eigenvalue weighted by atomic mass is 35.5. The molecule has 0 radical (unpaired) electrons. The summed E-state index contributed by atoms with van der Waals surface area (Å²) in [6.07, 6.45) is 0. The van der Waals surface area contributed by atoms with Crippen LogP contribution in [0.3, 0.4) is 0 Å². The van der Waals surface area contributed by atoms with E-state index in [1.54, 1.807) is 24.3 Å². The normalized spacial score (nSPS) is 20.9. The summed E-state index contributed by atoms with van der Waals surface area (Å²) in [6.45, 7) is 2.01. The van der Waals surface area contributed by atoms with Gasteiger partial charge in [0.1, 0.15) is 0 Å². The van der Waals surface area contributed by atoms with Crippen molar-refractivity contribution in [2.45, 2.75) is 18.2 Å². The van der Waals surface area contributed by atoms with Crippen molar-refractivity contribution < 1.29 is 9.59 Å². The summed E-state index contributed by atoms with van der Waals surface area (Å²) in [5, 5.41) is 3.22. The molecule has 1 heterocycles. The fourth-order valence-corrected chi connectivity index (χ4v) is 3.84. The highest BCUT2D eigenvalue weighted by Gasteiger charge is 2.35. The minimum absolute atomic E-state index is 0.0113. The largest absolute Gasteiger partial charge is 0.347 e. The minimum atomic E-state index is -0.336. The first-order chi connectivity index (χ1) is 11.0. The number of nitrogens with one attached hydrogen (secondary N) is 1. The minimum Gasteiger partial charge on any atom is -0.347 e. The second kappa shape index (κ2) is 6.77. The van der Waals surface area contributed by atoms with Crippen molar-refractivity contribution >= 4 is 35.1 Å². The Morgan fingerprint density at radius 1 is 1.13 bits per heavy atom. The molecule has 118 valence electrons. The van der Waals surface area contributed by atoms with Crippen LogP contribution in [0, 0.1) is 6.92 Å². The topological polar surface area (TPSA) is 46.2 Å². The number of Topliss-reactive ketones (excluding diaryl/α,β-unsaturated/α-hetero) is 1. The van der Waals surface area contributed by atoms with Crippen LogP contribution < -0.4 is 5.32 Å². The third-order valence-corrected chi connectivity index (χ3v) is 5.36. The molecule has 1 fully saturated rings. The van der Waals surface area contributed by atoms with Crippen LogP contribution in [0.15, 0.2) is 48.5 Å². The Balaban J connectivity index is 1.91. The molecule has 23 heavy (non-hydrogen) atoms. The maximum Gasteiger partial charge on any atom is 0.230 e. The Bertz CT molecular complexity index is 728. The molecule has 0 unspecified atom stereocenters. The van der Waals surface area contributed by atoms with E-state index in [1.165, 1.54) is 11.8 Å². The third-order valence-electron chi connectivity index (χ3n) is 3.84. The fraction of sp³-hybridized carbons (Fsp3) is 0.222. The molecule has 0 aromatic heterocycles. The van der Waals surface area contributed by atoms with Gasteiger partial charge < -0.3 is 5.32 Å². The van der Waals surface area contributed by atoms with Gasteiger partial charge in [0.05, 0.1) is 17.0 Å². The number of hydrogen-bond acceptors (Lipinski definition) is 3. The van der Waals surface area contributed by atoms with Gasteiger partial charge in [-0.2, -0.15) is 0 Å². The zero-order valence-corrected chi connectivity index (χ0v) is 14.2. The lowest BCUT2D eigenvalue weighted by Crippen LogP contribution is -2.44. The first-order valence-electron chi connectivity index (χ1n) is 7.32. The van der Waals surface area contributed by atoms with Crippen molar-refractivity contribution in [2.75, 3.05) is 5.75 Å². The predicted molar refractivity (Wildman–Crippen MR) is 94.1 cm³/mol. The van der Waals surface area contributed by atoms with Gasteiger partial charge in [0.15, 0.2) is 5.78 Å². The highest BCUT2D eigenvalue weighted by Crippen LogP contribution is 2.33. The molecule has 3 nitrogen and oxygen atoms in total. The SMILES string of the molecule is Cc1ccc([C@@H]2NC(=O)CS[C@H]2C(=O)c2ccc(Cl)cc2)cc1. The smallest absolute Gasteiger partial charge is 0.230 e. The standard InChI is InChI=1S/C18H16ClNO2S/c1-11-2-4-12(5-3-11)16-18(23-10-15(21)20-16)17(22)13-6-8-14(19)9-7-13/h2-9,16,18H,10H2,1H3,(H,20,21)/t16-,18+/m0/s1. The van der Waals surface area contributed by atoms with Gasteiger partial charge in [-0.1, -0.05) is 41.4 Å². The summed E-state index contributed by atoms with van der Waals surface area (Å²) in [7, 11) is 0. The van der Waals surface area contributed by atoms with Gasteiger partial charge in [-0.25, -0.2) is 0 Å². The van der Waals surface area contributed by atoms with E-state index in [1.807, 2.05) is 31.2 Å². The Hall–Kier alpha value is -1.78. The number of carbonyl (C=O) groups excluding carboxylic acids is 2. The molecular formula is C18H16ClNO2S. The van der Waals surface area contributed by atoms with E-state index in [0.29, 0.717) is 16.3 Å². The molecule has 0 aliphatic carbocycles. The molecule has 1 saturated heterocycles. The molecule has 0 spiro atoms. The number of rotatable bonds is 3. The summed E-state index contributed by atoms with van der Waals surface area (Å²) < 4.78 is 0. The quantitative estimate of drug-likeness (QED) is 0.860. The van der Waals surface area contributed by atoms with Crippen LogP contribution in [0.2, 0.25) is 5.02 Å². The Morgan fingerprint density at radius 3 is 2.43 bits per heavy atom. The van der Waals surface area contributed by atoms with Crippen molar-refractivity contribution in [3.63, 3.8) is 0 Å². The van der Waals surface area contributed by atoms with Gasteiger partial charge in [-0.15, -0.1) is 11.8 Å². The van der Waals surface area contributed by atoms with E-state index in [4.69, 9.17) is 11.6 Å². The summed E-state index contributed by atoms with van der Waals surface area (Å²) in [5.41, 5.74) is 2.70. The number of benzene rings is 2. The molecular weight excluding hydrogens is 330 g/mol. The Kier molecular flexibility index (Phi) is 4.74. The first kappa shape index (κ1) is 16.1. The molecule has 0 bridgehead atoms. The second-order valence-corrected chi connectivity index (χ2v) is 7.12. The monoisotopic (exact) mass is 345 g/mol. The van der Waals surface area contributed by atoms with Crippen molar-refractivity contribution in [3.8, 4) is 0 Å². The fourth-order valence-electron chi connectivity index (χ4n) is 2.59. The second-order valence-electron chi connectivity index (χ2n) is 5.56. The van der Waals surface area contributed by atoms with Crippen molar-refractivity contribution in [3.05, 3.63) is 70.2 Å². The van der Waals surface area contributed by atoms with Crippen LogP contribution in [0.4, 0.5) is 0 Å². The average molecular weight is 346 g/mol. The molecule has 1 N–H and O–H groups in total. The molecule has 3 rings (SSSR count). The Morgan fingerprint density at radius 2 is 1.78 bits per heavy atom. The lowest BCUT2D eigenvalue weighted by atomic mass is 9.96. The van der Waals surface area contributed by atoms with Gasteiger partial charge in [0, 0.05) is 10.6 Å². The number of ketones is 1. The van der Waals surface area contributed by atoms with Crippen molar-refractivity contribution in [2.24, 2.45) is 0 Å². The predicted octanol–water partition coefficient (Wildman–Crippen LogP) is 3.80. The molecule has 2 aromatic carbocycles. The van der Waals surface area contributed by atoms with Crippen LogP contribution in [-0.4, -0.2) is 22.7 Å². The third kappa shape index (κ3) is 3.59. The van der Waals surface area contributed by atoms with E-state index < -0.39 is 0 Å². The Labute approximate surface area is 144 Å². The number of halogens is 1. The summed E-state index contributed by atoms with van der Waals surface area (Å²) >= 11 is 7.28. The van der Waals surface area contributed by atoms with Gasteiger partial charge in [-0.05, 0) is 36.8 Å². The van der Waals surface area contributed by atoms with Gasteiger partial charge in [-0.3, -0.25) is 9.59 Å². The number of thioether (sulfide) groups is 1. The number of carbonyl (C=O) groups is 2. The van der Waals surface area contributed by atoms with Crippen LogP contribution >= 0.6 is 23.4 Å². The van der Waals surface area contributed by atoms with Crippen molar-refractivity contribution in [1.82, 2.24) is 5.32 Å². The van der Waals surface area contributed by atoms with E-state index in [-0.39, 0.29) is 23.0 Å². The molecule has 0 saturated carbocycles. The first-order valence-corrected chi connectivity index (χ1v) is 8.74. The lowest BCUT2D eigenvalue weighted by Gasteiger charge is -2.31. The maximum atomic E-state index is 12.9. The molecule has 1 amide bonds. The van der Waals surface area contributed by atoms with E-state index in [0.717, 1.165) is 11.1 Å². The van der Waals surface area contributed by atoms with Crippen LogP contribution in [-0.2, 0) is 4.79 Å². The zero-order chi connectivity index (χ0) is 16.4. The average Bonchev–Trinajstić information content (AvgIpc) is 2.55. The molecule has 1 aliphatic heterocycles. The van der Waals surface area contributed by atoms with Crippen LogP contribution in [0.25, 0.3) is 0 Å². The van der Waals surface area contributed by atoms with Gasteiger partial charge >= 0.3 is 0 Å².